The van der Waals surface area contributed by atoms with E-state index in [2.05, 4.69) is 4.98 Å². The first-order valence-electron chi connectivity index (χ1n) is 11.1. The van der Waals surface area contributed by atoms with Gasteiger partial charge in [-0.25, -0.2) is 0 Å². The van der Waals surface area contributed by atoms with Crippen LogP contribution in [0.15, 0.2) is 72.4 Å². The van der Waals surface area contributed by atoms with Crippen LogP contribution in [0.2, 0.25) is 0 Å². The summed E-state index contributed by atoms with van der Waals surface area (Å²) in [5.41, 5.74) is 4.03. The van der Waals surface area contributed by atoms with E-state index in [1.54, 1.807) is 55.8 Å². The predicted octanol–water partition coefficient (Wildman–Crippen LogP) is 4.60. The highest BCUT2D eigenvalue weighted by atomic mass is 16.5. The third-order valence-electron chi connectivity index (χ3n) is 6.37. The highest BCUT2D eigenvalue weighted by Crippen LogP contribution is 2.42. The molecule has 1 amide bonds. The number of benzene rings is 2. The number of nitrogens with zero attached hydrogens (tertiary/aromatic N) is 2. The standard InChI is InChI=1S/C27H24N2O4/c1-33-21-10-6-9-20(16-21)29-24(22-11-4-5-14-28-22)23(26(31)27(29)32)25(30)19-13-12-17-7-2-3-8-18(17)15-19/h4-6,9-16,24,30H,2-3,7-8H2,1H3/b25-23-. The van der Waals surface area contributed by atoms with Gasteiger partial charge >= 0.3 is 0 Å². The Morgan fingerprint density at radius 1 is 1.00 bits per heavy atom. The van der Waals surface area contributed by atoms with E-state index in [0.717, 1.165) is 25.7 Å². The number of aliphatic hydroxyl groups is 1. The van der Waals surface area contributed by atoms with Crippen molar-refractivity contribution in [1.82, 2.24) is 4.98 Å². The lowest BCUT2D eigenvalue weighted by atomic mass is 9.89. The zero-order chi connectivity index (χ0) is 22.9. The van der Waals surface area contributed by atoms with Crippen molar-refractivity contribution in [3.8, 4) is 5.75 Å². The Labute approximate surface area is 192 Å². The molecule has 33 heavy (non-hydrogen) atoms. The summed E-state index contributed by atoms with van der Waals surface area (Å²) < 4.78 is 5.31. The fourth-order valence-corrected chi connectivity index (χ4v) is 4.71. The molecule has 1 atom stereocenters. The molecule has 166 valence electrons. The maximum Gasteiger partial charge on any atom is 0.300 e. The fraction of sp³-hybridized carbons (Fsp3) is 0.222. The first-order chi connectivity index (χ1) is 16.1. The van der Waals surface area contributed by atoms with E-state index in [1.807, 2.05) is 18.2 Å². The van der Waals surface area contributed by atoms with Crippen LogP contribution in [0.4, 0.5) is 5.69 Å². The largest absolute Gasteiger partial charge is 0.507 e. The Bertz CT molecular complexity index is 1270. The van der Waals surface area contributed by atoms with Gasteiger partial charge in [-0.1, -0.05) is 24.3 Å². The van der Waals surface area contributed by atoms with Crippen molar-refractivity contribution < 1.29 is 19.4 Å². The smallest absolute Gasteiger partial charge is 0.300 e. The van der Waals surface area contributed by atoms with Crippen LogP contribution >= 0.6 is 0 Å². The number of hydrogen-bond donors (Lipinski definition) is 1. The molecule has 1 unspecified atom stereocenters. The molecule has 0 radical (unpaired) electrons. The quantitative estimate of drug-likeness (QED) is 0.365. The number of carbonyl (C=O) groups excluding carboxylic acids is 2. The number of aryl methyl sites for hydroxylation is 2. The van der Waals surface area contributed by atoms with Crippen LogP contribution in [0.5, 0.6) is 5.75 Å². The molecule has 2 aromatic carbocycles. The van der Waals surface area contributed by atoms with E-state index in [-0.39, 0.29) is 11.3 Å². The summed E-state index contributed by atoms with van der Waals surface area (Å²) in [4.78, 5) is 32.3. The molecule has 1 N–H and O–H groups in total. The lowest BCUT2D eigenvalue weighted by Gasteiger charge is -2.25. The first-order valence-corrected chi connectivity index (χ1v) is 11.1. The van der Waals surface area contributed by atoms with Gasteiger partial charge in [0.2, 0.25) is 0 Å². The third kappa shape index (κ3) is 3.67. The Morgan fingerprint density at radius 3 is 2.58 bits per heavy atom. The van der Waals surface area contributed by atoms with Gasteiger partial charge in [0.15, 0.2) is 0 Å². The summed E-state index contributed by atoms with van der Waals surface area (Å²) in [6.07, 6.45) is 5.83. The number of amides is 1. The molecule has 3 aromatic rings. The number of hydrogen-bond acceptors (Lipinski definition) is 5. The lowest BCUT2D eigenvalue weighted by Crippen LogP contribution is -2.29. The van der Waals surface area contributed by atoms with Crippen LogP contribution < -0.4 is 9.64 Å². The van der Waals surface area contributed by atoms with E-state index >= 15 is 0 Å². The molecule has 5 rings (SSSR count). The molecule has 1 fully saturated rings. The maximum atomic E-state index is 13.3. The number of aromatic nitrogens is 1. The summed E-state index contributed by atoms with van der Waals surface area (Å²) in [7, 11) is 1.54. The number of aliphatic hydroxyl groups excluding tert-OH is 1. The van der Waals surface area contributed by atoms with Crippen LogP contribution in [-0.2, 0) is 22.4 Å². The second kappa shape index (κ2) is 8.54. The highest BCUT2D eigenvalue weighted by molar-refractivity contribution is 6.51. The van der Waals surface area contributed by atoms with Gasteiger partial charge in [-0.15, -0.1) is 0 Å². The molecule has 2 heterocycles. The summed E-state index contributed by atoms with van der Waals surface area (Å²) in [5.74, 6) is -1.06. The topological polar surface area (TPSA) is 79.7 Å². The summed E-state index contributed by atoms with van der Waals surface area (Å²) in [6.45, 7) is 0. The number of ketones is 1. The zero-order valence-electron chi connectivity index (χ0n) is 18.3. The van der Waals surface area contributed by atoms with Crippen molar-refractivity contribution in [2.24, 2.45) is 0 Å². The van der Waals surface area contributed by atoms with E-state index in [9.17, 15) is 14.7 Å². The van der Waals surface area contributed by atoms with Crippen LogP contribution in [0, 0.1) is 0 Å². The molecule has 1 aliphatic carbocycles. The molecular formula is C27H24N2O4. The van der Waals surface area contributed by atoms with Crippen molar-refractivity contribution >= 4 is 23.1 Å². The Morgan fingerprint density at radius 2 is 1.82 bits per heavy atom. The monoisotopic (exact) mass is 440 g/mol. The molecule has 6 heteroatoms. The van der Waals surface area contributed by atoms with Crippen molar-refractivity contribution in [2.45, 2.75) is 31.7 Å². The molecule has 1 aliphatic heterocycles. The molecule has 1 aromatic heterocycles. The number of rotatable bonds is 4. The molecule has 0 bridgehead atoms. The van der Waals surface area contributed by atoms with Crippen molar-refractivity contribution in [1.29, 1.82) is 0 Å². The third-order valence-corrected chi connectivity index (χ3v) is 6.37. The first kappa shape index (κ1) is 20.9. The molecule has 6 nitrogen and oxygen atoms in total. The van der Waals surface area contributed by atoms with Gasteiger partial charge < -0.3 is 9.84 Å². The minimum atomic E-state index is -0.852. The fourth-order valence-electron chi connectivity index (χ4n) is 4.71. The minimum Gasteiger partial charge on any atom is -0.507 e. The van der Waals surface area contributed by atoms with Crippen molar-refractivity contribution in [3.63, 3.8) is 0 Å². The number of Topliss-reactive ketones (excluding diaryl/α,β-unsaturated/α-hetero) is 1. The molecule has 1 saturated heterocycles. The summed E-state index contributed by atoms with van der Waals surface area (Å²) in [5, 5.41) is 11.3. The van der Waals surface area contributed by atoms with E-state index in [0.29, 0.717) is 22.7 Å². The van der Waals surface area contributed by atoms with Gasteiger partial charge in [0, 0.05) is 23.5 Å². The van der Waals surface area contributed by atoms with Gasteiger partial charge in [-0.2, -0.15) is 0 Å². The predicted molar refractivity (Wildman–Crippen MR) is 125 cm³/mol. The van der Waals surface area contributed by atoms with E-state index < -0.39 is 17.7 Å². The van der Waals surface area contributed by atoms with Crippen LogP contribution in [0.1, 0.15) is 41.3 Å². The molecule has 0 saturated carbocycles. The van der Waals surface area contributed by atoms with Gasteiger partial charge in [-0.05, 0) is 67.1 Å². The van der Waals surface area contributed by atoms with Gasteiger partial charge in [0.1, 0.15) is 17.6 Å². The Hall–Kier alpha value is -3.93. The number of methoxy groups -OCH3 is 1. The normalized spacial score (nSPS) is 19.4. The Kier molecular flexibility index (Phi) is 5.42. The number of ether oxygens (including phenoxy) is 1. The SMILES string of the molecule is COc1cccc(N2C(=O)C(=O)/C(=C(\O)c3ccc4c(c3)CCCC4)C2c2ccccn2)c1. The van der Waals surface area contributed by atoms with Crippen LogP contribution in [0.25, 0.3) is 5.76 Å². The average Bonchev–Trinajstić information content (AvgIpc) is 3.14. The van der Waals surface area contributed by atoms with E-state index in [4.69, 9.17) is 4.74 Å². The average molecular weight is 440 g/mol. The van der Waals surface area contributed by atoms with Crippen LogP contribution in [-0.4, -0.2) is 28.9 Å². The van der Waals surface area contributed by atoms with Crippen molar-refractivity contribution in [2.75, 3.05) is 12.0 Å². The van der Waals surface area contributed by atoms with Gasteiger partial charge in [0.05, 0.1) is 18.4 Å². The van der Waals surface area contributed by atoms with Crippen molar-refractivity contribution in [3.05, 3.63) is 94.8 Å². The number of anilines is 1. The molecule has 0 spiro atoms. The van der Waals surface area contributed by atoms with Crippen LogP contribution in [0.3, 0.4) is 0 Å². The second-order valence-electron chi connectivity index (χ2n) is 8.32. The van der Waals surface area contributed by atoms with E-state index in [1.165, 1.54) is 16.0 Å². The highest BCUT2D eigenvalue weighted by Gasteiger charge is 2.47. The molecule has 2 aliphatic rings. The summed E-state index contributed by atoms with van der Waals surface area (Å²) in [6, 6.07) is 17.2. The minimum absolute atomic E-state index is 0.0391. The number of fused-ring (bicyclic) bond motifs is 1. The number of pyridine rings is 1. The van der Waals surface area contributed by atoms with Gasteiger partial charge in [-0.3, -0.25) is 19.5 Å². The maximum absolute atomic E-state index is 13.3. The molecular weight excluding hydrogens is 416 g/mol. The second-order valence-corrected chi connectivity index (χ2v) is 8.32. The van der Waals surface area contributed by atoms with Gasteiger partial charge in [0.25, 0.3) is 11.7 Å². The Balaban J connectivity index is 1.68. The lowest BCUT2D eigenvalue weighted by molar-refractivity contribution is -0.132. The summed E-state index contributed by atoms with van der Waals surface area (Å²) >= 11 is 0. The number of carbonyl (C=O) groups is 2. The zero-order valence-corrected chi connectivity index (χ0v) is 18.3.